The van der Waals surface area contributed by atoms with Gasteiger partial charge in [-0.3, -0.25) is 0 Å². The summed E-state index contributed by atoms with van der Waals surface area (Å²) in [5.41, 5.74) is 5.63. The fourth-order valence-electron chi connectivity index (χ4n) is 2.68. The molecule has 0 aliphatic heterocycles. The first-order valence-electron chi connectivity index (χ1n) is 6.69. The number of benzene rings is 1. The summed E-state index contributed by atoms with van der Waals surface area (Å²) in [7, 11) is -3.30. The fourth-order valence-corrected chi connectivity index (χ4v) is 4.38. The molecular weight excluding hydrogens is 301 g/mol. The SMILES string of the molecule is Cl.NCC1CCC(CS(=O)(=O)c2ccc(F)cc2)CC1. The topological polar surface area (TPSA) is 60.2 Å². The molecule has 0 saturated heterocycles. The van der Waals surface area contributed by atoms with E-state index in [1.807, 2.05) is 0 Å². The molecule has 0 unspecified atom stereocenters. The maximum atomic E-state index is 12.8. The number of hydrogen-bond donors (Lipinski definition) is 1. The van der Waals surface area contributed by atoms with Crippen LogP contribution in [0.15, 0.2) is 29.2 Å². The molecule has 2 N–H and O–H groups in total. The Labute approximate surface area is 126 Å². The van der Waals surface area contributed by atoms with Crippen LogP contribution in [0.5, 0.6) is 0 Å². The minimum Gasteiger partial charge on any atom is -0.330 e. The molecule has 0 amide bonds. The molecule has 114 valence electrons. The smallest absolute Gasteiger partial charge is 0.178 e. The van der Waals surface area contributed by atoms with Crippen LogP contribution in [0.2, 0.25) is 0 Å². The number of sulfone groups is 1. The van der Waals surface area contributed by atoms with Gasteiger partial charge in [-0.05, 0) is 68.3 Å². The summed E-state index contributed by atoms with van der Waals surface area (Å²) in [5.74, 6) is 0.501. The van der Waals surface area contributed by atoms with Gasteiger partial charge in [-0.2, -0.15) is 0 Å². The van der Waals surface area contributed by atoms with Gasteiger partial charge < -0.3 is 5.73 Å². The number of halogens is 2. The van der Waals surface area contributed by atoms with Gasteiger partial charge >= 0.3 is 0 Å². The van der Waals surface area contributed by atoms with Crippen LogP contribution in [-0.2, 0) is 9.84 Å². The van der Waals surface area contributed by atoms with Crippen LogP contribution in [0.4, 0.5) is 4.39 Å². The number of nitrogens with two attached hydrogens (primary N) is 1. The first kappa shape index (κ1) is 17.4. The molecule has 0 bridgehead atoms. The van der Waals surface area contributed by atoms with E-state index >= 15 is 0 Å². The first-order valence-corrected chi connectivity index (χ1v) is 8.35. The maximum Gasteiger partial charge on any atom is 0.178 e. The van der Waals surface area contributed by atoms with E-state index in [1.165, 1.54) is 24.3 Å². The van der Waals surface area contributed by atoms with Gasteiger partial charge in [-0.15, -0.1) is 12.4 Å². The molecule has 0 spiro atoms. The van der Waals surface area contributed by atoms with Gasteiger partial charge in [-0.1, -0.05) is 0 Å². The van der Waals surface area contributed by atoms with E-state index in [1.54, 1.807) is 0 Å². The van der Waals surface area contributed by atoms with Crippen LogP contribution in [0.1, 0.15) is 25.7 Å². The van der Waals surface area contributed by atoms with Crippen molar-refractivity contribution in [3.63, 3.8) is 0 Å². The van der Waals surface area contributed by atoms with Crippen molar-refractivity contribution >= 4 is 22.2 Å². The van der Waals surface area contributed by atoms with Crippen molar-refractivity contribution in [1.29, 1.82) is 0 Å². The monoisotopic (exact) mass is 321 g/mol. The van der Waals surface area contributed by atoms with Gasteiger partial charge in [0.2, 0.25) is 0 Å². The zero-order valence-corrected chi connectivity index (χ0v) is 12.9. The third-order valence-electron chi connectivity index (χ3n) is 3.93. The van der Waals surface area contributed by atoms with Crippen LogP contribution < -0.4 is 5.73 Å². The van der Waals surface area contributed by atoms with E-state index < -0.39 is 15.7 Å². The third-order valence-corrected chi connectivity index (χ3v) is 5.83. The summed E-state index contributed by atoms with van der Waals surface area (Å²) in [6.07, 6.45) is 3.87. The zero-order chi connectivity index (χ0) is 13.9. The predicted molar refractivity (Wildman–Crippen MR) is 80.2 cm³/mol. The molecule has 1 aromatic carbocycles. The highest BCUT2D eigenvalue weighted by Gasteiger charge is 2.26. The lowest BCUT2D eigenvalue weighted by Gasteiger charge is -2.27. The Hall–Kier alpha value is -0.650. The molecule has 1 aliphatic carbocycles. The maximum absolute atomic E-state index is 12.8. The molecule has 0 heterocycles. The highest BCUT2D eigenvalue weighted by Crippen LogP contribution is 2.30. The van der Waals surface area contributed by atoms with Crippen molar-refractivity contribution in [2.75, 3.05) is 12.3 Å². The summed E-state index contributed by atoms with van der Waals surface area (Å²) >= 11 is 0. The van der Waals surface area contributed by atoms with E-state index in [4.69, 9.17) is 5.73 Å². The average molecular weight is 322 g/mol. The second-order valence-electron chi connectivity index (χ2n) is 5.36. The van der Waals surface area contributed by atoms with Crippen molar-refractivity contribution in [1.82, 2.24) is 0 Å². The Morgan fingerprint density at radius 3 is 2.05 bits per heavy atom. The van der Waals surface area contributed by atoms with Crippen LogP contribution in [-0.4, -0.2) is 20.7 Å². The van der Waals surface area contributed by atoms with Crippen molar-refractivity contribution < 1.29 is 12.8 Å². The van der Waals surface area contributed by atoms with Gasteiger partial charge in [0.25, 0.3) is 0 Å². The highest BCUT2D eigenvalue weighted by molar-refractivity contribution is 7.91. The molecule has 20 heavy (non-hydrogen) atoms. The Bertz CT molecular complexity index is 510. The largest absolute Gasteiger partial charge is 0.330 e. The quantitative estimate of drug-likeness (QED) is 0.867. The molecule has 3 nitrogen and oxygen atoms in total. The van der Waals surface area contributed by atoms with Crippen LogP contribution in [0, 0.1) is 17.7 Å². The molecule has 1 aliphatic rings. The van der Waals surface area contributed by atoms with Gasteiger partial charge in [0.1, 0.15) is 5.82 Å². The Morgan fingerprint density at radius 1 is 1.05 bits per heavy atom. The van der Waals surface area contributed by atoms with Gasteiger partial charge in [0.05, 0.1) is 10.6 Å². The molecule has 2 rings (SSSR count). The fraction of sp³-hybridized carbons (Fsp3) is 0.571. The molecule has 1 aromatic rings. The van der Waals surface area contributed by atoms with Crippen molar-refractivity contribution in [2.45, 2.75) is 30.6 Å². The summed E-state index contributed by atoms with van der Waals surface area (Å²) in [6, 6.07) is 5.07. The number of hydrogen-bond acceptors (Lipinski definition) is 3. The third kappa shape index (κ3) is 4.43. The Morgan fingerprint density at radius 2 is 1.55 bits per heavy atom. The standard InChI is InChI=1S/C14H20FNO2S.ClH/c15-13-5-7-14(8-6-13)19(17,18)10-12-3-1-11(9-16)2-4-12;/h5-8,11-12H,1-4,9-10,16H2;1H. The lowest BCUT2D eigenvalue weighted by Crippen LogP contribution is -2.25. The molecule has 1 fully saturated rings. The van der Waals surface area contributed by atoms with Crippen molar-refractivity contribution in [3.8, 4) is 0 Å². The summed E-state index contributed by atoms with van der Waals surface area (Å²) in [4.78, 5) is 0.217. The van der Waals surface area contributed by atoms with Crippen LogP contribution in [0.25, 0.3) is 0 Å². The molecule has 0 aromatic heterocycles. The van der Waals surface area contributed by atoms with E-state index in [0.29, 0.717) is 12.5 Å². The lowest BCUT2D eigenvalue weighted by atomic mass is 9.83. The van der Waals surface area contributed by atoms with E-state index in [9.17, 15) is 12.8 Å². The summed E-state index contributed by atoms with van der Waals surface area (Å²) in [5, 5.41) is 0. The Kier molecular flexibility index (Phi) is 6.43. The zero-order valence-electron chi connectivity index (χ0n) is 11.3. The normalized spacial score (nSPS) is 23.1. The van der Waals surface area contributed by atoms with E-state index in [-0.39, 0.29) is 29.0 Å². The minimum absolute atomic E-state index is 0. The minimum atomic E-state index is -3.30. The van der Waals surface area contributed by atoms with E-state index in [2.05, 4.69) is 0 Å². The van der Waals surface area contributed by atoms with Crippen LogP contribution in [0.3, 0.4) is 0 Å². The summed E-state index contributed by atoms with van der Waals surface area (Å²) in [6.45, 7) is 0.692. The second kappa shape index (κ2) is 7.38. The molecule has 1 saturated carbocycles. The van der Waals surface area contributed by atoms with Gasteiger partial charge in [0, 0.05) is 0 Å². The van der Waals surface area contributed by atoms with Crippen molar-refractivity contribution in [3.05, 3.63) is 30.1 Å². The summed E-state index contributed by atoms with van der Waals surface area (Å²) < 4.78 is 37.2. The average Bonchev–Trinajstić information content (AvgIpc) is 2.40. The predicted octanol–water partition coefficient (Wildman–Crippen LogP) is 2.79. The molecule has 0 radical (unpaired) electrons. The van der Waals surface area contributed by atoms with Gasteiger partial charge in [0.15, 0.2) is 9.84 Å². The second-order valence-corrected chi connectivity index (χ2v) is 7.39. The number of rotatable bonds is 4. The molecule has 0 atom stereocenters. The first-order chi connectivity index (χ1) is 9.01. The van der Waals surface area contributed by atoms with Gasteiger partial charge in [-0.25, -0.2) is 12.8 Å². The van der Waals surface area contributed by atoms with E-state index in [0.717, 1.165) is 25.7 Å². The molecular formula is C14H21ClFNO2S. The molecule has 6 heteroatoms. The lowest BCUT2D eigenvalue weighted by molar-refractivity contribution is 0.297. The Balaban J connectivity index is 0.00000200. The van der Waals surface area contributed by atoms with Crippen LogP contribution >= 0.6 is 12.4 Å². The van der Waals surface area contributed by atoms with Crippen molar-refractivity contribution in [2.24, 2.45) is 17.6 Å². The highest BCUT2D eigenvalue weighted by atomic mass is 35.5.